The lowest BCUT2D eigenvalue weighted by Gasteiger charge is -1.95. The van der Waals surface area contributed by atoms with Gasteiger partial charge >= 0.3 is 0 Å². The average Bonchev–Trinajstić information content (AvgIpc) is 2.70. The number of fused-ring (bicyclic) bond motifs is 1. The fourth-order valence-corrected chi connectivity index (χ4v) is 1.56. The molecule has 0 radical (unpaired) electrons. The quantitative estimate of drug-likeness (QED) is 0.647. The molecule has 0 saturated heterocycles. The summed E-state index contributed by atoms with van der Waals surface area (Å²) in [7, 11) is 0. The molecule has 1 aliphatic carbocycles. The molecule has 2 heterocycles. The van der Waals surface area contributed by atoms with Crippen LogP contribution in [-0.2, 0) is 0 Å². The predicted octanol–water partition coefficient (Wildman–Crippen LogP) is 0.167. The number of nitrogens with one attached hydrogen (secondary N) is 1. The first-order chi connectivity index (χ1) is 6.34. The summed E-state index contributed by atoms with van der Waals surface area (Å²) < 4.78 is 0. The summed E-state index contributed by atoms with van der Waals surface area (Å²) in [5, 5.41) is 10.4. The Kier molecular flexibility index (Phi) is 1.21. The Morgan fingerprint density at radius 1 is 1.46 bits per heavy atom. The highest BCUT2D eigenvalue weighted by atomic mass is 15.3. The van der Waals surface area contributed by atoms with Crippen molar-refractivity contribution in [3.63, 3.8) is 0 Å². The van der Waals surface area contributed by atoms with Crippen LogP contribution in [0.2, 0.25) is 0 Å². The summed E-state index contributed by atoms with van der Waals surface area (Å²) in [6.07, 6.45) is 2.90. The molecule has 0 aliphatic heterocycles. The van der Waals surface area contributed by atoms with E-state index in [-0.39, 0.29) is 0 Å². The van der Waals surface area contributed by atoms with Crippen LogP contribution in [0.15, 0.2) is 12.3 Å². The zero-order chi connectivity index (χ0) is 8.84. The molecule has 13 heavy (non-hydrogen) atoms. The zero-order valence-electron chi connectivity index (χ0n) is 6.94. The minimum Gasteiger partial charge on any atom is -0.327 e. The van der Waals surface area contributed by atoms with E-state index in [1.54, 1.807) is 0 Å². The first-order valence-electron chi connectivity index (χ1n) is 4.26. The number of hydrogen-bond donors (Lipinski definition) is 2. The van der Waals surface area contributed by atoms with Crippen LogP contribution in [0.4, 0.5) is 0 Å². The number of rotatable bonds is 1. The minimum atomic E-state index is 0.311. The Labute approximate surface area is 74.3 Å². The lowest BCUT2D eigenvalue weighted by Crippen LogP contribution is -2.01. The maximum absolute atomic E-state index is 5.75. The molecule has 1 aliphatic rings. The number of nitrogens with two attached hydrogens (primary N) is 1. The molecule has 5 heteroatoms. The Bertz CT molecular complexity index is 448. The van der Waals surface area contributed by atoms with Crippen LogP contribution < -0.4 is 5.73 Å². The summed E-state index contributed by atoms with van der Waals surface area (Å²) in [5.74, 6) is 0.480. The van der Waals surface area contributed by atoms with Crippen molar-refractivity contribution in [3.8, 4) is 0 Å². The van der Waals surface area contributed by atoms with E-state index in [4.69, 9.17) is 5.73 Å². The third-order valence-electron chi connectivity index (χ3n) is 2.46. The summed E-state index contributed by atoms with van der Waals surface area (Å²) in [5.41, 5.74) is 8.40. The van der Waals surface area contributed by atoms with Crippen LogP contribution in [0, 0.1) is 0 Å². The monoisotopic (exact) mass is 175 g/mol. The van der Waals surface area contributed by atoms with Crippen molar-refractivity contribution in [2.45, 2.75) is 18.4 Å². The lowest BCUT2D eigenvalue weighted by atomic mass is 10.2. The summed E-state index contributed by atoms with van der Waals surface area (Å²) in [6.45, 7) is 0. The third kappa shape index (κ3) is 1.01. The van der Waals surface area contributed by atoms with Crippen LogP contribution >= 0.6 is 0 Å². The fraction of sp³-hybridized carbons (Fsp3) is 0.375. The maximum atomic E-state index is 5.75. The molecule has 3 N–H and O–H groups in total. The molecule has 0 amide bonds. The second-order valence-corrected chi connectivity index (χ2v) is 3.44. The van der Waals surface area contributed by atoms with E-state index in [9.17, 15) is 0 Å². The van der Waals surface area contributed by atoms with Gasteiger partial charge < -0.3 is 5.73 Å². The molecule has 66 valence electrons. The largest absolute Gasteiger partial charge is 0.327 e. The van der Waals surface area contributed by atoms with Crippen LogP contribution in [0.5, 0.6) is 0 Å². The second kappa shape index (κ2) is 2.26. The highest BCUT2D eigenvalue weighted by molar-refractivity contribution is 5.69. The Balaban J connectivity index is 2.10. The van der Waals surface area contributed by atoms with Crippen molar-refractivity contribution in [1.29, 1.82) is 0 Å². The Hall–Kier alpha value is -1.49. The molecule has 2 aromatic rings. The highest BCUT2D eigenvalue weighted by Gasteiger charge is 2.35. The number of H-pyrrole nitrogens is 1. The molecule has 2 aromatic heterocycles. The van der Waals surface area contributed by atoms with E-state index in [0.717, 1.165) is 11.9 Å². The highest BCUT2D eigenvalue weighted by Crippen LogP contribution is 2.38. The zero-order valence-corrected chi connectivity index (χ0v) is 6.94. The molecule has 0 bridgehead atoms. The van der Waals surface area contributed by atoms with Gasteiger partial charge in [-0.15, -0.1) is 5.10 Å². The fourth-order valence-electron chi connectivity index (χ4n) is 1.56. The van der Waals surface area contributed by atoms with Gasteiger partial charge in [0.2, 0.25) is 5.65 Å². The van der Waals surface area contributed by atoms with Gasteiger partial charge in [-0.25, -0.2) is 4.98 Å². The molecule has 0 aromatic carbocycles. The van der Waals surface area contributed by atoms with Crippen LogP contribution in [0.1, 0.15) is 17.9 Å². The van der Waals surface area contributed by atoms with Crippen molar-refractivity contribution in [2.75, 3.05) is 0 Å². The molecule has 1 fully saturated rings. The average molecular weight is 175 g/mol. The molecule has 3 rings (SSSR count). The van der Waals surface area contributed by atoms with Crippen molar-refractivity contribution < 1.29 is 0 Å². The van der Waals surface area contributed by atoms with Crippen LogP contribution in [0.3, 0.4) is 0 Å². The number of nitrogens with zero attached hydrogens (tertiary/aromatic N) is 3. The van der Waals surface area contributed by atoms with Crippen molar-refractivity contribution in [2.24, 2.45) is 5.73 Å². The number of aromatic nitrogens is 4. The van der Waals surface area contributed by atoms with Gasteiger partial charge in [0.05, 0.1) is 0 Å². The molecule has 2 atom stereocenters. The molecule has 5 nitrogen and oxygen atoms in total. The van der Waals surface area contributed by atoms with Gasteiger partial charge in [0.1, 0.15) is 5.52 Å². The van der Waals surface area contributed by atoms with Gasteiger partial charge in [0.25, 0.3) is 0 Å². The van der Waals surface area contributed by atoms with E-state index < -0.39 is 0 Å². The maximum Gasteiger partial charge on any atom is 0.201 e. The van der Waals surface area contributed by atoms with Gasteiger partial charge in [0.15, 0.2) is 0 Å². The topological polar surface area (TPSA) is 80.5 Å². The van der Waals surface area contributed by atoms with Crippen LogP contribution in [0.25, 0.3) is 11.2 Å². The van der Waals surface area contributed by atoms with Crippen LogP contribution in [-0.4, -0.2) is 26.4 Å². The Morgan fingerprint density at radius 2 is 2.31 bits per heavy atom. The summed E-state index contributed by atoms with van der Waals surface area (Å²) in [6, 6.07) is 2.31. The molecular weight excluding hydrogens is 166 g/mol. The SMILES string of the molecule is NC1CC1c1cnc2n[nH]nc2c1. The number of pyridine rings is 1. The first kappa shape index (κ1) is 6.97. The van der Waals surface area contributed by atoms with Gasteiger partial charge in [0, 0.05) is 18.2 Å². The van der Waals surface area contributed by atoms with Gasteiger partial charge in [-0.3, -0.25) is 0 Å². The normalized spacial score (nSPS) is 26.5. The predicted molar refractivity (Wildman–Crippen MR) is 47.0 cm³/mol. The third-order valence-corrected chi connectivity index (χ3v) is 2.46. The van der Waals surface area contributed by atoms with Crippen molar-refractivity contribution >= 4 is 11.2 Å². The first-order valence-corrected chi connectivity index (χ1v) is 4.26. The molecule has 2 unspecified atom stereocenters. The summed E-state index contributed by atoms with van der Waals surface area (Å²) in [4.78, 5) is 4.18. The van der Waals surface area contributed by atoms with E-state index in [1.807, 2.05) is 12.3 Å². The van der Waals surface area contributed by atoms with E-state index >= 15 is 0 Å². The standard InChI is InChI=1S/C8H9N5/c9-6-2-5(6)4-1-7-8(10-3-4)12-13-11-7/h1,3,5-6H,2,9H2,(H,10,11,12,13). The van der Waals surface area contributed by atoms with E-state index in [2.05, 4.69) is 20.4 Å². The number of aromatic amines is 1. The van der Waals surface area contributed by atoms with E-state index in [0.29, 0.717) is 17.6 Å². The summed E-state index contributed by atoms with van der Waals surface area (Å²) >= 11 is 0. The van der Waals surface area contributed by atoms with Crippen molar-refractivity contribution in [3.05, 3.63) is 17.8 Å². The van der Waals surface area contributed by atoms with Gasteiger partial charge in [-0.2, -0.15) is 10.3 Å². The van der Waals surface area contributed by atoms with E-state index in [1.165, 1.54) is 5.56 Å². The smallest absolute Gasteiger partial charge is 0.201 e. The van der Waals surface area contributed by atoms with Gasteiger partial charge in [-0.05, 0) is 18.1 Å². The minimum absolute atomic E-state index is 0.311. The molecule has 1 saturated carbocycles. The molecule has 0 spiro atoms. The molecular formula is C8H9N5. The van der Waals surface area contributed by atoms with Gasteiger partial charge in [-0.1, -0.05) is 0 Å². The second-order valence-electron chi connectivity index (χ2n) is 3.44. The lowest BCUT2D eigenvalue weighted by molar-refractivity contribution is 0.954. The van der Waals surface area contributed by atoms with Crippen molar-refractivity contribution in [1.82, 2.24) is 20.4 Å². The number of hydrogen-bond acceptors (Lipinski definition) is 4. The Morgan fingerprint density at radius 3 is 3.08 bits per heavy atom.